The average molecular weight is 294 g/mol. The molecule has 1 heterocycles. The maximum Gasteiger partial charge on any atom is 0.246 e. The van der Waals surface area contributed by atoms with Crippen molar-refractivity contribution in [2.45, 2.75) is 62.9 Å². The minimum atomic E-state index is -0.575. The molecule has 5 heteroatoms. The molecule has 2 amide bonds. The van der Waals surface area contributed by atoms with Gasteiger partial charge in [0.15, 0.2) is 0 Å². The van der Waals surface area contributed by atoms with Gasteiger partial charge in [0, 0.05) is 20.3 Å². The standard InChI is InChI=1S/C16H26N2O3/c1-21-11-5-10-18-14(19)13(12-6-7-12)17-15(20)16(18)8-3-2-4-9-16/h12-13H,2-11H2,1H3,(H,17,20). The van der Waals surface area contributed by atoms with Crippen LogP contribution in [0.25, 0.3) is 0 Å². The van der Waals surface area contributed by atoms with Crippen LogP contribution in [0.5, 0.6) is 0 Å². The molecule has 21 heavy (non-hydrogen) atoms. The number of carbonyl (C=O) groups is 2. The van der Waals surface area contributed by atoms with Crippen LogP contribution in [0.2, 0.25) is 0 Å². The van der Waals surface area contributed by atoms with E-state index in [1.54, 1.807) is 7.11 Å². The SMILES string of the molecule is COCCCN1C(=O)C(C2CC2)NC(=O)C12CCCCC2. The van der Waals surface area contributed by atoms with Crippen molar-refractivity contribution in [3.8, 4) is 0 Å². The lowest BCUT2D eigenvalue weighted by atomic mass is 9.77. The third-order valence-corrected chi connectivity index (χ3v) is 5.26. The number of ether oxygens (including phenoxy) is 1. The third kappa shape index (κ3) is 2.68. The van der Waals surface area contributed by atoms with Gasteiger partial charge in [-0.25, -0.2) is 0 Å². The molecule has 1 saturated heterocycles. The Labute approximate surface area is 126 Å². The Morgan fingerprint density at radius 3 is 2.57 bits per heavy atom. The molecule has 3 rings (SSSR count). The zero-order valence-corrected chi connectivity index (χ0v) is 12.9. The fourth-order valence-corrected chi connectivity index (χ4v) is 3.91. The number of methoxy groups -OCH3 is 1. The molecule has 3 aliphatic rings. The van der Waals surface area contributed by atoms with Crippen molar-refractivity contribution in [3.63, 3.8) is 0 Å². The maximum absolute atomic E-state index is 12.9. The normalized spacial score (nSPS) is 28.8. The summed E-state index contributed by atoms with van der Waals surface area (Å²) in [6.45, 7) is 1.28. The van der Waals surface area contributed by atoms with Crippen LogP contribution in [-0.4, -0.2) is 48.6 Å². The number of piperazine rings is 1. The fourth-order valence-electron chi connectivity index (χ4n) is 3.91. The van der Waals surface area contributed by atoms with E-state index in [-0.39, 0.29) is 17.9 Å². The van der Waals surface area contributed by atoms with Gasteiger partial charge >= 0.3 is 0 Å². The summed E-state index contributed by atoms with van der Waals surface area (Å²) in [4.78, 5) is 27.6. The molecule has 0 radical (unpaired) electrons. The Kier molecular flexibility index (Phi) is 4.20. The van der Waals surface area contributed by atoms with Gasteiger partial charge in [0.1, 0.15) is 11.6 Å². The van der Waals surface area contributed by atoms with Gasteiger partial charge in [-0.1, -0.05) is 19.3 Å². The maximum atomic E-state index is 12.9. The number of hydrogen-bond donors (Lipinski definition) is 1. The van der Waals surface area contributed by atoms with Crippen LogP contribution in [0.4, 0.5) is 0 Å². The molecule has 3 fully saturated rings. The van der Waals surface area contributed by atoms with Crippen LogP contribution < -0.4 is 5.32 Å². The van der Waals surface area contributed by atoms with E-state index in [2.05, 4.69) is 5.32 Å². The van der Waals surface area contributed by atoms with E-state index < -0.39 is 5.54 Å². The molecule has 1 N–H and O–H groups in total. The number of nitrogens with one attached hydrogen (secondary N) is 1. The number of carbonyl (C=O) groups excluding carboxylic acids is 2. The molecule has 0 bridgehead atoms. The van der Waals surface area contributed by atoms with Crippen LogP contribution in [0.3, 0.4) is 0 Å². The molecule has 1 spiro atoms. The number of rotatable bonds is 5. The Bertz CT molecular complexity index is 414. The largest absolute Gasteiger partial charge is 0.385 e. The van der Waals surface area contributed by atoms with Gasteiger partial charge in [0.2, 0.25) is 11.8 Å². The molecule has 0 aromatic rings. The van der Waals surface area contributed by atoms with Crippen LogP contribution in [0, 0.1) is 5.92 Å². The molecule has 118 valence electrons. The minimum absolute atomic E-state index is 0.0936. The predicted octanol–water partition coefficient (Wildman–Crippen LogP) is 1.46. The molecule has 0 aromatic carbocycles. The molecule has 2 aliphatic carbocycles. The highest BCUT2D eigenvalue weighted by atomic mass is 16.5. The highest BCUT2D eigenvalue weighted by Gasteiger charge is 2.54. The molecular weight excluding hydrogens is 268 g/mol. The van der Waals surface area contributed by atoms with Gasteiger partial charge in [-0.3, -0.25) is 9.59 Å². The summed E-state index contributed by atoms with van der Waals surface area (Å²) < 4.78 is 5.12. The lowest BCUT2D eigenvalue weighted by Crippen LogP contribution is -2.71. The van der Waals surface area contributed by atoms with Crippen LogP contribution >= 0.6 is 0 Å². The molecule has 2 saturated carbocycles. The number of amides is 2. The topological polar surface area (TPSA) is 58.6 Å². The molecular formula is C16H26N2O3. The van der Waals surface area contributed by atoms with Gasteiger partial charge in [-0.2, -0.15) is 0 Å². The first-order chi connectivity index (χ1) is 10.2. The second-order valence-electron chi connectivity index (χ2n) is 6.72. The predicted molar refractivity (Wildman–Crippen MR) is 78.7 cm³/mol. The third-order valence-electron chi connectivity index (χ3n) is 5.26. The summed E-state index contributed by atoms with van der Waals surface area (Å²) in [6.07, 6.45) is 7.80. The Balaban J connectivity index is 1.81. The van der Waals surface area contributed by atoms with Gasteiger partial charge in [0.05, 0.1) is 0 Å². The van der Waals surface area contributed by atoms with E-state index >= 15 is 0 Å². The van der Waals surface area contributed by atoms with E-state index in [1.807, 2.05) is 4.90 Å². The second kappa shape index (κ2) is 5.95. The summed E-state index contributed by atoms with van der Waals surface area (Å²) in [6, 6.07) is -0.271. The Morgan fingerprint density at radius 2 is 1.95 bits per heavy atom. The van der Waals surface area contributed by atoms with E-state index in [1.165, 1.54) is 6.42 Å². The molecule has 1 aliphatic heterocycles. The first-order valence-corrected chi connectivity index (χ1v) is 8.30. The highest BCUT2D eigenvalue weighted by molar-refractivity contribution is 6.00. The van der Waals surface area contributed by atoms with E-state index in [4.69, 9.17) is 4.74 Å². The van der Waals surface area contributed by atoms with Crippen molar-refractivity contribution >= 4 is 11.8 Å². The lowest BCUT2D eigenvalue weighted by molar-refractivity contribution is -0.161. The average Bonchev–Trinajstić information content (AvgIpc) is 3.32. The van der Waals surface area contributed by atoms with Crippen molar-refractivity contribution in [2.24, 2.45) is 5.92 Å². The van der Waals surface area contributed by atoms with Gasteiger partial charge in [-0.15, -0.1) is 0 Å². The zero-order valence-electron chi connectivity index (χ0n) is 12.9. The Morgan fingerprint density at radius 1 is 1.24 bits per heavy atom. The zero-order chi connectivity index (χ0) is 14.9. The van der Waals surface area contributed by atoms with Gasteiger partial charge in [0.25, 0.3) is 0 Å². The van der Waals surface area contributed by atoms with Crippen LogP contribution in [0.15, 0.2) is 0 Å². The molecule has 0 aromatic heterocycles. The lowest BCUT2D eigenvalue weighted by Gasteiger charge is -2.50. The summed E-state index contributed by atoms with van der Waals surface area (Å²) >= 11 is 0. The van der Waals surface area contributed by atoms with Gasteiger partial charge < -0.3 is 15.0 Å². The summed E-state index contributed by atoms with van der Waals surface area (Å²) in [5, 5.41) is 3.05. The van der Waals surface area contributed by atoms with Crippen molar-refractivity contribution in [1.29, 1.82) is 0 Å². The van der Waals surface area contributed by atoms with Crippen LogP contribution in [0.1, 0.15) is 51.4 Å². The van der Waals surface area contributed by atoms with E-state index in [9.17, 15) is 9.59 Å². The number of nitrogens with zero attached hydrogens (tertiary/aromatic N) is 1. The summed E-state index contributed by atoms with van der Waals surface area (Å²) in [7, 11) is 1.67. The van der Waals surface area contributed by atoms with E-state index in [0.717, 1.165) is 44.9 Å². The first-order valence-electron chi connectivity index (χ1n) is 8.30. The van der Waals surface area contributed by atoms with Gasteiger partial charge in [-0.05, 0) is 38.0 Å². The smallest absolute Gasteiger partial charge is 0.246 e. The monoisotopic (exact) mass is 294 g/mol. The van der Waals surface area contributed by atoms with E-state index in [0.29, 0.717) is 19.1 Å². The van der Waals surface area contributed by atoms with Crippen LogP contribution in [-0.2, 0) is 14.3 Å². The number of hydrogen-bond acceptors (Lipinski definition) is 3. The molecule has 1 unspecified atom stereocenters. The Hall–Kier alpha value is -1.10. The summed E-state index contributed by atoms with van der Waals surface area (Å²) in [5.41, 5.74) is -0.575. The quantitative estimate of drug-likeness (QED) is 0.781. The second-order valence-corrected chi connectivity index (χ2v) is 6.72. The van der Waals surface area contributed by atoms with Crippen molar-refractivity contribution < 1.29 is 14.3 Å². The highest BCUT2D eigenvalue weighted by Crippen LogP contribution is 2.41. The minimum Gasteiger partial charge on any atom is -0.385 e. The van der Waals surface area contributed by atoms with Crippen molar-refractivity contribution in [2.75, 3.05) is 20.3 Å². The van der Waals surface area contributed by atoms with Crippen molar-refractivity contribution in [3.05, 3.63) is 0 Å². The fraction of sp³-hybridized carbons (Fsp3) is 0.875. The molecule has 1 atom stereocenters. The summed E-state index contributed by atoms with van der Waals surface area (Å²) in [5.74, 6) is 0.610. The molecule has 5 nitrogen and oxygen atoms in total. The first kappa shape index (κ1) is 14.8. The van der Waals surface area contributed by atoms with Crippen molar-refractivity contribution in [1.82, 2.24) is 10.2 Å².